The molecule has 9 heteroatoms. The quantitative estimate of drug-likeness (QED) is 0.676. The van der Waals surface area contributed by atoms with Crippen LogP contribution in [0.5, 0.6) is 5.75 Å². The van der Waals surface area contributed by atoms with Crippen LogP contribution in [0.1, 0.15) is 31.1 Å². The number of methoxy groups -OCH3 is 1. The van der Waals surface area contributed by atoms with Crippen molar-refractivity contribution in [3.63, 3.8) is 0 Å². The first-order valence-electron chi connectivity index (χ1n) is 9.76. The van der Waals surface area contributed by atoms with E-state index in [2.05, 4.69) is 0 Å². The van der Waals surface area contributed by atoms with Gasteiger partial charge in [-0.2, -0.15) is 0 Å². The van der Waals surface area contributed by atoms with E-state index in [0.717, 1.165) is 4.90 Å². The van der Waals surface area contributed by atoms with Gasteiger partial charge in [0.1, 0.15) is 12.3 Å². The van der Waals surface area contributed by atoms with Gasteiger partial charge in [-0.05, 0) is 30.3 Å². The van der Waals surface area contributed by atoms with E-state index in [1.165, 1.54) is 7.11 Å². The second kappa shape index (κ2) is 8.39. The van der Waals surface area contributed by atoms with Gasteiger partial charge in [-0.15, -0.1) is 0 Å². The summed E-state index contributed by atoms with van der Waals surface area (Å²) in [5.41, 5.74) is 0.984. The molecule has 1 saturated heterocycles. The Balaban J connectivity index is 1.38. The molecule has 0 aromatic heterocycles. The molecule has 0 unspecified atom stereocenters. The van der Waals surface area contributed by atoms with Crippen LogP contribution in [0.4, 0.5) is 0 Å². The first kappa shape index (κ1) is 20.9. The first-order chi connectivity index (χ1) is 14.9. The molecule has 0 aliphatic carbocycles. The summed E-state index contributed by atoms with van der Waals surface area (Å²) in [4.78, 5) is 54.7. The van der Waals surface area contributed by atoms with Crippen LogP contribution in [0.15, 0.2) is 42.5 Å². The number of hydrogen-bond donors (Lipinski definition) is 0. The molecule has 4 rings (SSSR count). The molecule has 8 nitrogen and oxygen atoms in total. The Labute approximate surface area is 183 Å². The number of halogens is 1. The average molecular weight is 442 g/mol. The molecular formula is C22H20ClN3O5. The number of nitrogens with zero attached hydrogens (tertiary/aromatic N) is 3. The maximum absolute atomic E-state index is 12.9. The van der Waals surface area contributed by atoms with Gasteiger partial charge in [0.15, 0.2) is 0 Å². The summed E-state index contributed by atoms with van der Waals surface area (Å²) in [7, 11) is 1.48. The molecule has 4 amide bonds. The highest BCUT2D eigenvalue weighted by atomic mass is 35.5. The molecule has 0 bridgehead atoms. The topological polar surface area (TPSA) is 87.2 Å². The zero-order valence-corrected chi connectivity index (χ0v) is 17.6. The van der Waals surface area contributed by atoms with Gasteiger partial charge in [-0.1, -0.05) is 23.7 Å². The van der Waals surface area contributed by atoms with Crippen LogP contribution in [0.25, 0.3) is 0 Å². The summed E-state index contributed by atoms with van der Waals surface area (Å²) >= 11 is 6.02. The summed E-state index contributed by atoms with van der Waals surface area (Å²) in [5.74, 6) is -1.06. The lowest BCUT2D eigenvalue weighted by molar-refractivity contribution is -0.132. The van der Waals surface area contributed by atoms with Crippen molar-refractivity contribution in [3.8, 4) is 5.75 Å². The van der Waals surface area contributed by atoms with Crippen molar-refractivity contribution in [1.29, 1.82) is 0 Å². The maximum atomic E-state index is 12.9. The normalized spacial score (nSPS) is 15.9. The van der Waals surface area contributed by atoms with Gasteiger partial charge in [0, 0.05) is 31.2 Å². The fourth-order valence-electron chi connectivity index (χ4n) is 3.79. The van der Waals surface area contributed by atoms with Crippen molar-refractivity contribution in [3.05, 3.63) is 64.2 Å². The smallest absolute Gasteiger partial charge is 0.262 e. The van der Waals surface area contributed by atoms with Gasteiger partial charge >= 0.3 is 0 Å². The third-order valence-corrected chi connectivity index (χ3v) is 5.72. The Bertz CT molecular complexity index is 1040. The molecule has 160 valence electrons. The number of imide groups is 1. The zero-order chi connectivity index (χ0) is 22.1. The van der Waals surface area contributed by atoms with Crippen LogP contribution >= 0.6 is 11.6 Å². The standard InChI is InChI=1S/C22H20ClN3O5/c1-31-18-7-6-14(23)12-17(18)20(28)25-10-8-24(9-11-25)19(27)13-26-21(29)15-4-2-3-5-16(15)22(26)30/h2-7,12H,8-11,13H2,1H3. The van der Waals surface area contributed by atoms with Crippen LogP contribution in [0.2, 0.25) is 5.02 Å². The maximum Gasteiger partial charge on any atom is 0.262 e. The van der Waals surface area contributed by atoms with Crippen LogP contribution < -0.4 is 4.74 Å². The minimum Gasteiger partial charge on any atom is -0.496 e. The van der Waals surface area contributed by atoms with E-state index in [9.17, 15) is 19.2 Å². The highest BCUT2D eigenvalue weighted by molar-refractivity contribution is 6.31. The number of carbonyl (C=O) groups excluding carboxylic acids is 4. The van der Waals surface area contributed by atoms with Crippen molar-refractivity contribution >= 4 is 35.2 Å². The molecule has 0 spiro atoms. The molecule has 31 heavy (non-hydrogen) atoms. The SMILES string of the molecule is COc1ccc(Cl)cc1C(=O)N1CCN(C(=O)CN2C(=O)c3ccccc3C2=O)CC1. The number of fused-ring (bicyclic) bond motifs is 1. The average Bonchev–Trinajstić information content (AvgIpc) is 3.03. The van der Waals surface area contributed by atoms with Crippen LogP contribution in [0.3, 0.4) is 0 Å². The van der Waals surface area contributed by atoms with Crippen molar-refractivity contribution < 1.29 is 23.9 Å². The molecule has 0 atom stereocenters. The van der Waals surface area contributed by atoms with Crippen LogP contribution in [-0.2, 0) is 4.79 Å². The first-order valence-corrected chi connectivity index (χ1v) is 10.1. The highest BCUT2D eigenvalue weighted by Gasteiger charge is 2.37. The Hall–Kier alpha value is -3.39. The minimum atomic E-state index is -0.462. The number of rotatable bonds is 4. The molecule has 0 saturated carbocycles. The Kier molecular flexibility index (Phi) is 5.65. The van der Waals surface area contributed by atoms with Crippen LogP contribution in [0, 0.1) is 0 Å². The largest absolute Gasteiger partial charge is 0.496 e. The molecule has 1 fully saturated rings. The third-order valence-electron chi connectivity index (χ3n) is 5.48. The Morgan fingerprint density at radius 2 is 1.52 bits per heavy atom. The van der Waals surface area contributed by atoms with Crippen molar-refractivity contribution in [1.82, 2.24) is 14.7 Å². The lowest BCUT2D eigenvalue weighted by atomic mass is 10.1. The fourth-order valence-corrected chi connectivity index (χ4v) is 3.97. The van der Waals surface area contributed by atoms with E-state index < -0.39 is 11.8 Å². The van der Waals surface area contributed by atoms with Gasteiger partial charge in [0.05, 0.1) is 23.8 Å². The van der Waals surface area contributed by atoms with E-state index in [0.29, 0.717) is 53.6 Å². The lowest BCUT2D eigenvalue weighted by Crippen LogP contribution is -2.53. The van der Waals surface area contributed by atoms with Crippen molar-refractivity contribution in [2.45, 2.75) is 0 Å². The minimum absolute atomic E-state index is 0.230. The molecule has 0 N–H and O–H groups in total. The molecule has 2 aromatic carbocycles. The predicted molar refractivity (Wildman–Crippen MR) is 112 cm³/mol. The van der Waals surface area contributed by atoms with E-state index in [4.69, 9.17) is 16.3 Å². The molecular weight excluding hydrogens is 422 g/mol. The van der Waals surface area contributed by atoms with E-state index in [-0.39, 0.29) is 18.4 Å². The van der Waals surface area contributed by atoms with Gasteiger partial charge in [-0.25, -0.2) is 0 Å². The summed E-state index contributed by atoms with van der Waals surface area (Å²) in [6.45, 7) is 0.931. The van der Waals surface area contributed by atoms with Gasteiger partial charge in [0.2, 0.25) is 5.91 Å². The number of benzene rings is 2. The van der Waals surface area contributed by atoms with Crippen LogP contribution in [-0.4, -0.2) is 78.2 Å². The lowest BCUT2D eigenvalue weighted by Gasteiger charge is -2.35. The highest BCUT2D eigenvalue weighted by Crippen LogP contribution is 2.25. The molecule has 0 radical (unpaired) electrons. The summed E-state index contributed by atoms with van der Waals surface area (Å²) < 4.78 is 5.25. The second-order valence-corrected chi connectivity index (χ2v) is 7.70. The molecule has 2 aromatic rings. The molecule has 2 aliphatic rings. The number of carbonyl (C=O) groups is 4. The molecule has 2 heterocycles. The fraction of sp³-hybridized carbons (Fsp3) is 0.273. The van der Waals surface area contributed by atoms with Crippen molar-refractivity contribution in [2.24, 2.45) is 0 Å². The van der Waals surface area contributed by atoms with Crippen molar-refractivity contribution in [2.75, 3.05) is 39.8 Å². The van der Waals surface area contributed by atoms with Gasteiger partial charge < -0.3 is 14.5 Å². The predicted octanol–water partition coefficient (Wildman–Crippen LogP) is 1.93. The second-order valence-electron chi connectivity index (χ2n) is 7.26. The number of piperazine rings is 1. The van der Waals surface area contributed by atoms with E-state index in [1.54, 1.807) is 52.3 Å². The number of amides is 4. The van der Waals surface area contributed by atoms with Gasteiger partial charge in [0.25, 0.3) is 17.7 Å². The summed E-state index contributed by atoms with van der Waals surface area (Å²) in [6.07, 6.45) is 0. The van der Waals surface area contributed by atoms with Gasteiger partial charge in [-0.3, -0.25) is 24.1 Å². The van der Waals surface area contributed by atoms with E-state index in [1.807, 2.05) is 0 Å². The number of ether oxygens (including phenoxy) is 1. The Morgan fingerprint density at radius 1 is 0.935 bits per heavy atom. The summed E-state index contributed by atoms with van der Waals surface area (Å²) in [6, 6.07) is 11.4. The zero-order valence-electron chi connectivity index (χ0n) is 16.8. The monoisotopic (exact) mass is 441 g/mol. The number of hydrogen-bond acceptors (Lipinski definition) is 5. The molecule has 2 aliphatic heterocycles. The Morgan fingerprint density at radius 3 is 2.10 bits per heavy atom. The van der Waals surface area contributed by atoms with E-state index >= 15 is 0 Å². The summed E-state index contributed by atoms with van der Waals surface area (Å²) in [5, 5.41) is 0.430. The third kappa shape index (κ3) is 3.86.